The van der Waals surface area contributed by atoms with Gasteiger partial charge in [-0.25, -0.2) is 18.3 Å². The topological polar surface area (TPSA) is 88.8 Å². The van der Waals surface area contributed by atoms with Gasteiger partial charge in [-0.05, 0) is 61.4 Å². The molecule has 0 saturated carbocycles. The van der Waals surface area contributed by atoms with Crippen LogP contribution in [-0.4, -0.2) is 48.2 Å². The van der Waals surface area contributed by atoms with Crippen LogP contribution in [0.4, 0.5) is 35.1 Å². The number of imidazole rings is 1. The van der Waals surface area contributed by atoms with Crippen LogP contribution in [0.15, 0.2) is 65.7 Å². The van der Waals surface area contributed by atoms with E-state index in [4.69, 9.17) is 0 Å². The average Bonchev–Trinajstić information content (AvgIpc) is 3.60. The summed E-state index contributed by atoms with van der Waals surface area (Å²) in [6, 6.07) is 6.82. The summed E-state index contributed by atoms with van der Waals surface area (Å²) in [7, 11) is 0. The molecule has 0 aliphatic carbocycles. The van der Waals surface area contributed by atoms with E-state index in [1.807, 2.05) is 0 Å². The number of aromatic nitrogens is 5. The lowest BCUT2D eigenvalue weighted by Crippen LogP contribution is -2.40. The number of H-pyrrole nitrogens is 1. The first-order valence-corrected chi connectivity index (χ1v) is 13.4. The van der Waals surface area contributed by atoms with Gasteiger partial charge in [0.15, 0.2) is 17.3 Å². The van der Waals surface area contributed by atoms with Crippen molar-refractivity contribution >= 4 is 16.9 Å². The van der Waals surface area contributed by atoms with E-state index in [1.54, 1.807) is 0 Å². The number of rotatable bonds is 4. The fraction of sp³-hybridized carbons (Fsp3) is 0.241. The minimum absolute atomic E-state index is 0.0162. The zero-order valence-corrected chi connectivity index (χ0v) is 22.8. The lowest BCUT2D eigenvalue weighted by molar-refractivity contribution is -0.143. The molecule has 0 unspecified atom stereocenters. The lowest BCUT2D eigenvalue weighted by Gasteiger charge is -2.32. The standard InChI is InChI=1S/C29H20F8N6O2/c30-19-4-5-20-25(24(19)31)42(27(45)39-20)17-7-10-41(11-8-17)26(44)21-13-23(15-2-1-9-38-14-15)43(40-21)22-6-3-16(28(32,33)34)12-18(22)29(35,36)37/h1-6,9,12-14,17H,7-8,10-11H2,(H,39,45). The number of fused-ring (bicyclic) bond motifs is 1. The molecule has 0 bridgehead atoms. The second-order valence-electron chi connectivity index (χ2n) is 10.4. The van der Waals surface area contributed by atoms with Crippen LogP contribution >= 0.6 is 0 Å². The Hall–Kier alpha value is -5.02. The summed E-state index contributed by atoms with van der Waals surface area (Å²) >= 11 is 0. The molecule has 0 spiro atoms. The summed E-state index contributed by atoms with van der Waals surface area (Å²) in [5, 5.41) is 4.11. The Kier molecular flexibility index (Phi) is 7.24. The predicted molar refractivity (Wildman–Crippen MR) is 143 cm³/mol. The Morgan fingerprint density at radius 2 is 1.67 bits per heavy atom. The van der Waals surface area contributed by atoms with E-state index in [0.717, 1.165) is 15.3 Å². The largest absolute Gasteiger partial charge is 0.418 e. The monoisotopic (exact) mass is 636 g/mol. The zero-order chi connectivity index (χ0) is 32.3. The molecule has 1 aliphatic heterocycles. The number of carbonyl (C=O) groups excluding carboxylic acids is 1. The normalized spacial score (nSPS) is 14.8. The van der Waals surface area contributed by atoms with Gasteiger partial charge in [0.05, 0.1) is 28.0 Å². The summed E-state index contributed by atoms with van der Waals surface area (Å²) in [6.45, 7) is 0.0609. The van der Waals surface area contributed by atoms with Crippen LogP contribution < -0.4 is 5.69 Å². The van der Waals surface area contributed by atoms with Crippen molar-refractivity contribution in [3.63, 3.8) is 0 Å². The number of nitrogens with zero attached hydrogens (tertiary/aromatic N) is 5. The van der Waals surface area contributed by atoms with E-state index >= 15 is 0 Å². The quantitative estimate of drug-likeness (QED) is 0.232. The average molecular weight is 637 g/mol. The first-order valence-electron chi connectivity index (χ1n) is 13.4. The molecule has 0 radical (unpaired) electrons. The summed E-state index contributed by atoms with van der Waals surface area (Å²) in [4.78, 5) is 33.9. The fourth-order valence-electron chi connectivity index (χ4n) is 5.50. The van der Waals surface area contributed by atoms with Gasteiger partial charge in [0.1, 0.15) is 5.52 Å². The maximum absolute atomic E-state index is 14.6. The molecule has 5 aromatic rings. The number of halogens is 8. The van der Waals surface area contributed by atoms with Gasteiger partial charge in [-0.15, -0.1) is 0 Å². The number of nitrogens with one attached hydrogen (secondary N) is 1. The van der Waals surface area contributed by atoms with Gasteiger partial charge >= 0.3 is 18.0 Å². The van der Waals surface area contributed by atoms with Crippen molar-refractivity contribution in [2.24, 2.45) is 0 Å². The number of carbonyl (C=O) groups is 1. The van der Waals surface area contributed by atoms with Crippen molar-refractivity contribution < 1.29 is 39.9 Å². The van der Waals surface area contributed by atoms with Crippen LogP contribution in [0.2, 0.25) is 0 Å². The molecular formula is C29H20F8N6O2. The lowest BCUT2D eigenvalue weighted by atomic mass is 10.0. The third kappa shape index (κ3) is 5.44. The van der Waals surface area contributed by atoms with Crippen molar-refractivity contribution in [3.8, 4) is 16.9 Å². The Morgan fingerprint density at radius 3 is 2.31 bits per heavy atom. The maximum Gasteiger partial charge on any atom is 0.418 e. The Morgan fingerprint density at radius 1 is 0.933 bits per heavy atom. The Labute approximate surface area is 247 Å². The van der Waals surface area contributed by atoms with Crippen molar-refractivity contribution in [1.82, 2.24) is 29.2 Å². The van der Waals surface area contributed by atoms with Crippen molar-refractivity contribution in [2.75, 3.05) is 13.1 Å². The van der Waals surface area contributed by atoms with Crippen LogP contribution in [0.5, 0.6) is 0 Å². The number of likely N-dealkylation sites (tertiary alicyclic amines) is 1. The molecule has 3 aromatic heterocycles. The van der Waals surface area contributed by atoms with Gasteiger partial charge < -0.3 is 9.88 Å². The van der Waals surface area contributed by atoms with Gasteiger partial charge in [-0.3, -0.25) is 14.3 Å². The molecule has 1 amide bonds. The first-order chi connectivity index (χ1) is 21.2. The van der Waals surface area contributed by atoms with E-state index in [9.17, 15) is 44.7 Å². The van der Waals surface area contributed by atoms with Gasteiger partial charge in [0.2, 0.25) is 0 Å². The third-order valence-corrected chi connectivity index (χ3v) is 7.63. The maximum atomic E-state index is 14.6. The van der Waals surface area contributed by atoms with Crippen molar-refractivity contribution in [2.45, 2.75) is 31.2 Å². The number of pyridine rings is 1. The van der Waals surface area contributed by atoms with Gasteiger partial charge in [-0.2, -0.15) is 31.4 Å². The number of alkyl halides is 6. The molecule has 1 N–H and O–H groups in total. The molecule has 2 aromatic carbocycles. The number of benzene rings is 2. The molecular weight excluding hydrogens is 616 g/mol. The molecule has 16 heteroatoms. The summed E-state index contributed by atoms with van der Waals surface area (Å²) in [5.41, 5.74) is -4.73. The van der Waals surface area contributed by atoms with Crippen LogP contribution in [0.1, 0.15) is 40.5 Å². The first kappa shape index (κ1) is 30.0. The highest BCUT2D eigenvalue weighted by atomic mass is 19.4. The number of hydrogen-bond donors (Lipinski definition) is 1. The molecule has 234 valence electrons. The molecule has 45 heavy (non-hydrogen) atoms. The third-order valence-electron chi connectivity index (χ3n) is 7.63. The molecule has 8 nitrogen and oxygen atoms in total. The van der Waals surface area contributed by atoms with Gasteiger partial charge in [0.25, 0.3) is 5.91 Å². The highest BCUT2D eigenvalue weighted by Gasteiger charge is 2.39. The molecule has 1 aliphatic rings. The predicted octanol–water partition coefficient (Wildman–Crippen LogP) is 6.37. The number of hydrogen-bond acceptors (Lipinski definition) is 4. The van der Waals surface area contributed by atoms with Crippen molar-refractivity contribution in [1.29, 1.82) is 0 Å². The van der Waals surface area contributed by atoms with Gasteiger partial charge in [0, 0.05) is 37.1 Å². The highest BCUT2D eigenvalue weighted by molar-refractivity contribution is 5.93. The minimum Gasteiger partial charge on any atom is -0.337 e. The van der Waals surface area contributed by atoms with Crippen LogP contribution in [-0.2, 0) is 12.4 Å². The second kappa shape index (κ2) is 10.9. The number of piperidine rings is 1. The zero-order valence-electron chi connectivity index (χ0n) is 22.8. The van der Waals surface area contributed by atoms with Crippen molar-refractivity contribution in [3.05, 3.63) is 99.9 Å². The molecule has 1 fully saturated rings. The summed E-state index contributed by atoms with van der Waals surface area (Å²) < 4.78 is 112. The minimum atomic E-state index is -5.20. The second-order valence-corrected chi connectivity index (χ2v) is 10.4. The smallest absolute Gasteiger partial charge is 0.337 e. The number of aromatic amines is 1. The summed E-state index contributed by atoms with van der Waals surface area (Å²) in [5.74, 6) is -3.02. The van der Waals surface area contributed by atoms with E-state index in [0.29, 0.717) is 12.1 Å². The molecule has 4 heterocycles. The van der Waals surface area contributed by atoms with E-state index in [2.05, 4.69) is 15.1 Å². The SMILES string of the molecule is O=C(c1cc(-c2cccnc2)n(-c2ccc(C(F)(F)F)cc2C(F)(F)F)n1)N1CCC(n2c(=O)[nH]c3ccc(F)c(F)c32)CC1. The van der Waals surface area contributed by atoms with Crippen LogP contribution in [0.25, 0.3) is 28.0 Å². The summed E-state index contributed by atoms with van der Waals surface area (Å²) in [6.07, 6.45) is -7.24. The van der Waals surface area contributed by atoms with E-state index < -0.39 is 58.4 Å². The van der Waals surface area contributed by atoms with E-state index in [1.165, 1.54) is 41.6 Å². The van der Waals surface area contributed by atoms with Crippen LogP contribution in [0, 0.1) is 11.6 Å². The molecule has 6 rings (SSSR count). The Balaban J connectivity index is 1.34. The van der Waals surface area contributed by atoms with Crippen LogP contribution in [0.3, 0.4) is 0 Å². The molecule has 0 atom stereocenters. The van der Waals surface area contributed by atoms with Gasteiger partial charge in [-0.1, -0.05) is 0 Å². The number of amides is 1. The Bertz CT molecular complexity index is 1970. The molecule has 1 saturated heterocycles. The highest BCUT2D eigenvalue weighted by Crippen LogP contribution is 2.40. The fourth-order valence-corrected chi connectivity index (χ4v) is 5.50. The van der Waals surface area contributed by atoms with E-state index in [-0.39, 0.29) is 60.0 Å².